The highest BCUT2D eigenvalue weighted by atomic mass is 35.5. The summed E-state index contributed by atoms with van der Waals surface area (Å²) in [6.45, 7) is 3.52. The van der Waals surface area contributed by atoms with E-state index in [1.165, 1.54) is 7.11 Å². The molecule has 0 unspecified atom stereocenters. The van der Waals surface area contributed by atoms with Crippen LogP contribution in [0.25, 0.3) is 0 Å². The number of hydrogen-bond donors (Lipinski definition) is 1. The quantitative estimate of drug-likeness (QED) is 0.836. The Morgan fingerprint density at radius 3 is 2.44 bits per heavy atom. The molecule has 0 aromatic heterocycles. The van der Waals surface area contributed by atoms with Crippen molar-refractivity contribution in [1.29, 1.82) is 0 Å². The van der Waals surface area contributed by atoms with Crippen LogP contribution in [0.2, 0.25) is 5.02 Å². The van der Waals surface area contributed by atoms with Crippen LogP contribution in [-0.4, -0.2) is 12.6 Å². The van der Waals surface area contributed by atoms with Gasteiger partial charge in [-0.2, -0.15) is 0 Å². The lowest BCUT2D eigenvalue weighted by Gasteiger charge is -2.20. The van der Waals surface area contributed by atoms with Gasteiger partial charge in [-0.1, -0.05) is 11.6 Å². The molecule has 0 amide bonds. The normalized spacial score (nSPS) is 11.7. The fraction of sp³-hybridized carbons (Fsp3) is 0.455. The fourth-order valence-corrected chi connectivity index (χ4v) is 1.61. The van der Waals surface area contributed by atoms with Gasteiger partial charge >= 0.3 is 0 Å². The number of halogens is 3. The average Bonchev–Trinajstić information content (AvgIpc) is 2.12. The molecule has 2 N–H and O–H groups in total. The summed E-state index contributed by atoms with van der Waals surface area (Å²) in [4.78, 5) is 0. The number of rotatable bonds is 3. The lowest BCUT2D eigenvalue weighted by molar-refractivity contribution is 0.373. The van der Waals surface area contributed by atoms with E-state index in [-0.39, 0.29) is 5.75 Å². The van der Waals surface area contributed by atoms with Crippen LogP contribution in [0.4, 0.5) is 8.78 Å². The highest BCUT2D eigenvalue weighted by Gasteiger charge is 2.22. The Labute approximate surface area is 98.3 Å². The van der Waals surface area contributed by atoms with Gasteiger partial charge in [0.25, 0.3) is 0 Å². The van der Waals surface area contributed by atoms with Gasteiger partial charge in [0.1, 0.15) is 10.8 Å². The Morgan fingerprint density at radius 2 is 2.00 bits per heavy atom. The Morgan fingerprint density at radius 1 is 1.44 bits per heavy atom. The summed E-state index contributed by atoms with van der Waals surface area (Å²) < 4.78 is 31.7. The Bertz CT molecular complexity index is 402. The molecule has 1 aromatic rings. The summed E-state index contributed by atoms with van der Waals surface area (Å²) >= 11 is 5.44. The number of methoxy groups -OCH3 is 1. The second kappa shape index (κ2) is 4.55. The number of benzene rings is 1. The molecule has 0 bridgehead atoms. The molecule has 1 aromatic carbocycles. The van der Waals surface area contributed by atoms with E-state index in [0.717, 1.165) is 6.07 Å². The van der Waals surface area contributed by atoms with Gasteiger partial charge in [-0.05, 0) is 26.3 Å². The molecule has 0 fully saturated rings. The zero-order valence-corrected chi connectivity index (χ0v) is 10.2. The van der Waals surface area contributed by atoms with Crippen LogP contribution in [0.3, 0.4) is 0 Å². The molecule has 90 valence electrons. The molecule has 2 nitrogen and oxygen atoms in total. The van der Waals surface area contributed by atoms with E-state index < -0.39 is 22.2 Å². The van der Waals surface area contributed by atoms with Gasteiger partial charge in [0.05, 0.1) is 7.11 Å². The molecule has 16 heavy (non-hydrogen) atoms. The van der Waals surface area contributed by atoms with Crippen LogP contribution in [0, 0.1) is 11.6 Å². The summed E-state index contributed by atoms with van der Waals surface area (Å²) in [5.74, 6) is -1.74. The third-order valence-corrected chi connectivity index (χ3v) is 2.39. The molecule has 0 aliphatic carbocycles. The molecule has 0 spiro atoms. The summed E-state index contributed by atoms with van der Waals surface area (Å²) in [6, 6.07) is 1.15. The molecule has 0 radical (unpaired) electrons. The number of ether oxygens (including phenoxy) is 1. The second-order valence-electron chi connectivity index (χ2n) is 4.34. The summed E-state index contributed by atoms with van der Waals surface area (Å²) in [5, 5.41) is -0.560. The second-order valence-corrected chi connectivity index (χ2v) is 4.72. The van der Waals surface area contributed by atoms with Crippen molar-refractivity contribution in [3.63, 3.8) is 0 Å². The van der Waals surface area contributed by atoms with E-state index in [4.69, 9.17) is 22.1 Å². The minimum Gasteiger partial charge on any atom is -0.493 e. The van der Waals surface area contributed by atoms with Gasteiger partial charge in [-0.25, -0.2) is 8.78 Å². The van der Waals surface area contributed by atoms with Crippen LogP contribution in [0.1, 0.15) is 19.4 Å². The largest absolute Gasteiger partial charge is 0.493 e. The molecule has 0 heterocycles. The van der Waals surface area contributed by atoms with E-state index in [1.807, 2.05) is 0 Å². The smallest absolute Gasteiger partial charge is 0.186 e. The van der Waals surface area contributed by atoms with E-state index in [0.29, 0.717) is 12.0 Å². The lowest BCUT2D eigenvalue weighted by Crippen LogP contribution is -2.34. The molecule has 0 aliphatic rings. The predicted octanol–water partition coefficient (Wildman–Crippen LogP) is 2.91. The highest BCUT2D eigenvalue weighted by molar-refractivity contribution is 6.31. The molecular weight excluding hydrogens is 236 g/mol. The maximum atomic E-state index is 13.6. The first kappa shape index (κ1) is 13.2. The van der Waals surface area contributed by atoms with Crippen molar-refractivity contribution in [2.45, 2.75) is 25.8 Å². The topological polar surface area (TPSA) is 35.2 Å². The van der Waals surface area contributed by atoms with Crippen molar-refractivity contribution in [2.75, 3.05) is 7.11 Å². The van der Waals surface area contributed by atoms with E-state index in [9.17, 15) is 8.78 Å². The zero-order valence-electron chi connectivity index (χ0n) is 9.40. The van der Waals surface area contributed by atoms with Crippen LogP contribution >= 0.6 is 11.6 Å². The van der Waals surface area contributed by atoms with Gasteiger partial charge in [0, 0.05) is 11.1 Å². The molecule has 1 rings (SSSR count). The Kier molecular flexibility index (Phi) is 3.76. The average molecular weight is 250 g/mol. The van der Waals surface area contributed by atoms with Gasteiger partial charge < -0.3 is 10.5 Å². The van der Waals surface area contributed by atoms with Crippen LogP contribution in [0.5, 0.6) is 5.75 Å². The molecule has 0 atom stereocenters. The molecule has 5 heteroatoms. The maximum absolute atomic E-state index is 13.6. The Hall–Kier alpha value is -0.870. The molecule has 0 aliphatic heterocycles. The van der Waals surface area contributed by atoms with E-state index in [1.54, 1.807) is 13.8 Å². The first-order chi connectivity index (χ1) is 7.26. The fourth-order valence-electron chi connectivity index (χ4n) is 1.47. The van der Waals surface area contributed by atoms with Crippen molar-refractivity contribution in [2.24, 2.45) is 5.73 Å². The van der Waals surface area contributed by atoms with Crippen molar-refractivity contribution in [3.8, 4) is 5.75 Å². The van der Waals surface area contributed by atoms with E-state index >= 15 is 0 Å². The van der Waals surface area contributed by atoms with Crippen molar-refractivity contribution < 1.29 is 13.5 Å². The monoisotopic (exact) mass is 249 g/mol. The SMILES string of the molecule is COc1c(CC(C)(C)N)cc(F)c(Cl)c1F. The third-order valence-electron chi connectivity index (χ3n) is 2.04. The van der Waals surface area contributed by atoms with Crippen molar-refractivity contribution in [3.05, 3.63) is 28.3 Å². The maximum Gasteiger partial charge on any atom is 0.186 e. The standard InChI is InChI=1S/C11H14ClF2NO/c1-11(2,15)5-6-4-7(13)8(12)9(14)10(6)16-3/h4H,5,15H2,1-3H3. The van der Waals surface area contributed by atoms with Gasteiger partial charge in [-0.3, -0.25) is 0 Å². The molecule has 0 saturated heterocycles. The van der Waals surface area contributed by atoms with Crippen LogP contribution in [0.15, 0.2) is 6.07 Å². The third kappa shape index (κ3) is 2.83. The lowest BCUT2D eigenvalue weighted by atomic mass is 9.95. The van der Waals surface area contributed by atoms with E-state index in [2.05, 4.69) is 0 Å². The molecular formula is C11H14ClF2NO. The number of hydrogen-bond acceptors (Lipinski definition) is 2. The Balaban J connectivity index is 3.28. The van der Waals surface area contributed by atoms with Crippen molar-refractivity contribution in [1.82, 2.24) is 0 Å². The number of nitrogens with two attached hydrogens (primary N) is 1. The zero-order chi connectivity index (χ0) is 12.5. The van der Waals surface area contributed by atoms with Crippen LogP contribution < -0.4 is 10.5 Å². The minimum absolute atomic E-state index is 0.0510. The summed E-state index contributed by atoms with van der Waals surface area (Å²) in [5.41, 5.74) is 5.58. The summed E-state index contributed by atoms with van der Waals surface area (Å²) in [7, 11) is 1.31. The first-order valence-electron chi connectivity index (χ1n) is 4.75. The molecule has 0 saturated carbocycles. The van der Waals surface area contributed by atoms with Gasteiger partial charge in [0.15, 0.2) is 11.6 Å². The van der Waals surface area contributed by atoms with Gasteiger partial charge in [0.2, 0.25) is 0 Å². The predicted molar refractivity (Wildman–Crippen MR) is 59.9 cm³/mol. The van der Waals surface area contributed by atoms with Crippen LogP contribution in [-0.2, 0) is 6.42 Å². The summed E-state index contributed by atoms with van der Waals surface area (Å²) in [6.07, 6.45) is 0.293. The van der Waals surface area contributed by atoms with Gasteiger partial charge in [-0.15, -0.1) is 0 Å². The highest BCUT2D eigenvalue weighted by Crippen LogP contribution is 2.32. The first-order valence-corrected chi connectivity index (χ1v) is 5.13. The van der Waals surface area contributed by atoms with Crippen molar-refractivity contribution >= 4 is 11.6 Å². The minimum atomic E-state index is -0.886.